The highest BCUT2D eigenvalue weighted by molar-refractivity contribution is 8.14. The van der Waals surface area contributed by atoms with Gasteiger partial charge in [-0.05, 0) is 0 Å². The Morgan fingerprint density at radius 2 is 2.53 bits per heavy atom. The number of rotatable bonds is 5. The number of nitro groups is 1. The maximum atomic E-state index is 10.9. The molecule has 0 aromatic heterocycles. The van der Waals surface area contributed by atoms with E-state index in [0.29, 0.717) is 11.6 Å². The van der Waals surface area contributed by atoms with Gasteiger partial charge >= 0.3 is 5.97 Å². The van der Waals surface area contributed by atoms with E-state index >= 15 is 0 Å². The second-order valence-corrected chi connectivity index (χ2v) is 4.10. The van der Waals surface area contributed by atoms with Crippen LogP contribution in [-0.2, 0) is 9.53 Å². The van der Waals surface area contributed by atoms with Crippen LogP contribution < -0.4 is 0 Å². The molecule has 1 aliphatic rings. The number of nitrogens with zero attached hydrogens (tertiary/aromatic N) is 2. The van der Waals surface area contributed by atoms with Crippen LogP contribution in [0.1, 0.15) is 12.8 Å². The Kier molecular flexibility index (Phi) is 4.54. The minimum absolute atomic E-state index is 0.0573. The van der Waals surface area contributed by atoms with Crippen molar-refractivity contribution in [3.63, 3.8) is 0 Å². The molecule has 7 heteroatoms. The first-order valence-electron chi connectivity index (χ1n) is 4.52. The van der Waals surface area contributed by atoms with Crippen LogP contribution >= 0.6 is 11.8 Å². The quantitative estimate of drug-likeness (QED) is 0.396. The lowest BCUT2D eigenvalue weighted by Crippen LogP contribution is -2.27. The summed E-state index contributed by atoms with van der Waals surface area (Å²) < 4.78 is 4.43. The number of hydrogen-bond donors (Lipinski definition) is 0. The molecule has 0 fully saturated rings. The van der Waals surface area contributed by atoms with Crippen molar-refractivity contribution in [2.24, 2.45) is 4.99 Å². The van der Waals surface area contributed by atoms with Gasteiger partial charge in [-0.25, -0.2) is 0 Å². The normalized spacial score (nSPS) is 17.0. The zero-order chi connectivity index (χ0) is 11.3. The van der Waals surface area contributed by atoms with E-state index in [2.05, 4.69) is 9.73 Å². The summed E-state index contributed by atoms with van der Waals surface area (Å²) in [5.74, 6) is 0.364. The molecule has 0 aromatic carbocycles. The highest BCUT2D eigenvalue weighted by Gasteiger charge is 2.30. The molecule has 1 rings (SSSR count). The molecular formula is C8H12N2O4S. The molecule has 0 radical (unpaired) electrons. The number of methoxy groups -OCH3 is 1. The van der Waals surface area contributed by atoms with Gasteiger partial charge in [0.1, 0.15) is 5.04 Å². The predicted octanol–water partition coefficient (Wildman–Crippen LogP) is 0.730. The van der Waals surface area contributed by atoms with Gasteiger partial charge in [0.2, 0.25) is 0 Å². The highest BCUT2D eigenvalue weighted by atomic mass is 32.2. The highest BCUT2D eigenvalue weighted by Crippen LogP contribution is 2.19. The zero-order valence-electron chi connectivity index (χ0n) is 8.34. The monoisotopic (exact) mass is 232 g/mol. The summed E-state index contributed by atoms with van der Waals surface area (Å²) in [5, 5.41) is 11.3. The third-order valence-electron chi connectivity index (χ3n) is 2.00. The van der Waals surface area contributed by atoms with Crippen LogP contribution in [0, 0.1) is 10.1 Å². The van der Waals surface area contributed by atoms with Crippen LogP contribution in [0.4, 0.5) is 0 Å². The Bertz CT molecular complexity index is 292. The Hall–Kier alpha value is -1.11. The first-order valence-corrected chi connectivity index (χ1v) is 5.51. The lowest BCUT2D eigenvalue weighted by atomic mass is 10.2. The molecule has 1 aliphatic heterocycles. The van der Waals surface area contributed by atoms with Crippen molar-refractivity contribution >= 4 is 22.8 Å². The smallest absolute Gasteiger partial charge is 0.305 e. The second kappa shape index (κ2) is 5.69. The largest absolute Gasteiger partial charge is 0.469 e. The third kappa shape index (κ3) is 3.50. The topological polar surface area (TPSA) is 81.8 Å². The molecule has 0 saturated carbocycles. The Morgan fingerprint density at radius 1 is 1.80 bits per heavy atom. The Labute approximate surface area is 91.2 Å². The van der Waals surface area contributed by atoms with Crippen molar-refractivity contribution in [1.82, 2.24) is 0 Å². The van der Waals surface area contributed by atoms with Crippen molar-refractivity contribution in [2.45, 2.75) is 18.9 Å². The molecule has 6 nitrogen and oxygen atoms in total. The first kappa shape index (κ1) is 12.0. The fourth-order valence-corrected chi connectivity index (χ4v) is 2.20. The molecule has 0 saturated heterocycles. The maximum absolute atomic E-state index is 10.9. The first-order chi connectivity index (χ1) is 7.15. The minimum Gasteiger partial charge on any atom is -0.469 e. The lowest BCUT2D eigenvalue weighted by Gasteiger charge is -2.07. The van der Waals surface area contributed by atoms with Gasteiger partial charge in [0.25, 0.3) is 6.04 Å². The van der Waals surface area contributed by atoms with Gasteiger partial charge in [0.05, 0.1) is 13.5 Å². The van der Waals surface area contributed by atoms with E-state index in [1.165, 1.54) is 18.9 Å². The van der Waals surface area contributed by atoms with E-state index in [-0.39, 0.29) is 17.8 Å². The molecule has 0 bridgehead atoms. The lowest BCUT2D eigenvalue weighted by molar-refractivity contribution is -0.502. The number of thioether (sulfide) groups is 1. The van der Waals surface area contributed by atoms with Crippen LogP contribution in [0.15, 0.2) is 4.99 Å². The fraction of sp³-hybridized carbons (Fsp3) is 0.750. The van der Waals surface area contributed by atoms with Gasteiger partial charge in [-0.1, -0.05) is 0 Å². The van der Waals surface area contributed by atoms with E-state index in [0.717, 1.165) is 5.75 Å². The van der Waals surface area contributed by atoms with Crippen LogP contribution in [0.5, 0.6) is 0 Å². The fourth-order valence-electron chi connectivity index (χ4n) is 1.23. The minimum atomic E-state index is -0.850. The SMILES string of the molecule is COC(=O)CCC(C1=NCCS1)[N+](=O)[O-]. The van der Waals surface area contributed by atoms with Crippen molar-refractivity contribution in [3.05, 3.63) is 10.1 Å². The summed E-state index contributed by atoms with van der Waals surface area (Å²) >= 11 is 1.39. The molecular weight excluding hydrogens is 220 g/mol. The van der Waals surface area contributed by atoms with Gasteiger partial charge < -0.3 is 4.74 Å². The van der Waals surface area contributed by atoms with Crippen molar-refractivity contribution in [1.29, 1.82) is 0 Å². The summed E-state index contributed by atoms with van der Waals surface area (Å²) in [5.41, 5.74) is 0. The van der Waals surface area contributed by atoms with Crippen molar-refractivity contribution in [2.75, 3.05) is 19.4 Å². The standard InChI is InChI=1S/C8H12N2O4S/c1-14-7(11)3-2-6(10(12)13)8-9-4-5-15-8/h6H,2-5H2,1H3. The van der Waals surface area contributed by atoms with Gasteiger partial charge in [-0.2, -0.15) is 0 Å². The number of hydrogen-bond acceptors (Lipinski definition) is 6. The van der Waals surface area contributed by atoms with Crippen LogP contribution in [0.3, 0.4) is 0 Å². The molecule has 0 aliphatic carbocycles. The zero-order valence-corrected chi connectivity index (χ0v) is 9.16. The number of aliphatic imine (C=N–C) groups is 1. The van der Waals surface area contributed by atoms with Gasteiger partial charge in [-0.15, -0.1) is 11.8 Å². The molecule has 0 aromatic rings. The molecule has 0 amide bonds. The Balaban J connectivity index is 2.51. The van der Waals surface area contributed by atoms with Crippen LogP contribution in [0.25, 0.3) is 0 Å². The molecule has 1 atom stereocenters. The van der Waals surface area contributed by atoms with E-state index in [9.17, 15) is 14.9 Å². The van der Waals surface area contributed by atoms with Crippen molar-refractivity contribution < 1.29 is 14.5 Å². The molecule has 1 heterocycles. The average Bonchev–Trinajstić information content (AvgIpc) is 2.70. The molecule has 84 valence electrons. The molecule has 0 spiro atoms. The third-order valence-corrected chi connectivity index (χ3v) is 3.08. The molecule has 15 heavy (non-hydrogen) atoms. The second-order valence-electron chi connectivity index (χ2n) is 2.98. The summed E-state index contributed by atoms with van der Waals surface area (Å²) in [4.78, 5) is 25.3. The number of ether oxygens (including phenoxy) is 1. The summed E-state index contributed by atoms with van der Waals surface area (Å²) in [6, 6.07) is -0.850. The van der Waals surface area contributed by atoms with Crippen LogP contribution in [-0.4, -0.2) is 41.4 Å². The van der Waals surface area contributed by atoms with E-state index in [1.807, 2.05) is 0 Å². The average molecular weight is 232 g/mol. The van der Waals surface area contributed by atoms with E-state index in [1.54, 1.807) is 0 Å². The molecule has 0 N–H and O–H groups in total. The summed E-state index contributed by atoms with van der Waals surface area (Å²) in [6.07, 6.45) is 0.216. The summed E-state index contributed by atoms with van der Waals surface area (Å²) in [6.45, 7) is 0.628. The van der Waals surface area contributed by atoms with Gasteiger partial charge in [0.15, 0.2) is 0 Å². The van der Waals surface area contributed by atoms with E-state index in [4.69, 9.17) is 0 Å². The van der Waals surface area contributed by atoms with Crippen LogP contribution in [0.2, 0.25) is 0 Å². The Morgan fingerprint density at radius 3 is 3.00 bits per heavy atom. The number of carbonyl (C=O) groups excluding carboxylic acids is 1. The maximum Gasteiger partial charge on any atom is 0.305 e. The van der Waals surface area contributed by atoms with Crippen molar-refractivity contribution in [3.8, 4) is 0 Å². The van der Waals surface area contributed by atoms with E-state index < -0.39 is 12.0 Å². The number of carbonyl (C=O) groups is 1. The molecule has 1 unspecified atom stereocenters. The van der Waals surface area contributed by atoms with Gasteiger partial charge in [-0.3, -0.25) is 19.9 Å². The van der Waals surface area contributed by atoms with Gasteiger partial charge in [0, 0.05) is 23.6 Å². The number of esters is 1. The summed E-state index contributed by atoms with van der Waals surface area (Å²) in [7, 11) is 1.27. The predicted molar refractivity (Wildman–Crippen MR) is 56.8 cm³/mol.